The fourth-order valence-electron chi connectivity index (χ4n) is 5.50. The average Bonchev–Trinajstić information content (AvgIpc) is 3.27. The number of carbonyl (C=O) groups excluding carboxylic acids is 4. The van der Waals surface area contributed by atoms with Gasteiger partial charge >= 0.3 is 5.97 Å². The molecule has 0 aromatic rings. The first-order chi connectivity index (χ1) is 18.5. The number of fused-ring (bicyclic) bond motifs is 1. The van der Waals surface area contributed by atoms with Crippen molar-refractivity contribution >= 4 is 40.5 Å². The summed E-state index contributed by atoms with van der Waals surface area (Å²) in [6.07, 6.45) is 1.32. The van der Waals surface area contributed by atoms with Crippen molar-refractivity contribution < 1.29 is 29.0 Å². The van der Waals surface area contributed by atoms with Gasteiger partial charge in [0.1, 0.15) is 23.7 Å². The predicted molar refractivity (Wildman–Crippen MR) is 158 cm³/mol. The Balaban J connectivity index is 2.51. The number of carbonyl (C=O) groups is 4. The van der Waals surface area contributed by atoms with E-state index in [1.807, 2.05) is 34.6 Å². The molecule has 0 aliphatic carbocycles. The molecule has 2 aliphatic heterocycles. The Hall–Kier alpha value is -2.14. The zero-order valence-corrected chi connectivity index (χ0v) is 26.7. The number of nitrogens with zero attached hydrogens (tertiary/aromatic N) is 2. The van der Waals surface area contributed by atoms with Gasteiger partial charge in [-0.2, -0.15) is 0 Å². The van der Waals surface area contributed by atoms with Crippen LogP contribution in [0, 0.1) is 17.3 Å². The predicted octanol–water partition coefficient (Wildman–Crippen LogP) is 2.91. The molecule has 7 atom stereocenters. The summed E-state index contributed by atoms with van der Waals surface area (Å²) in [5.74, 6) is -1.83. The van der Waals surface area contributed by atoms with Gasteiger partial charge in [-0.1, -0.05) is 34.1 Å². The topological polar surface area (TPSA) is 137 Å². The number of esters is 1. The quantitative estimate of drug-likeness (QED) is 0.393. The number of ether oxygens (including phenoxy) is 1. The van der Waals surface area contributed by atoms with Gasteiger partial charge in [0.15, 0.2) is 0 Å². The summed E-state index contributed by atoms with van der Waals surface area (Å²) in [7, 11) is 1.58. The first kappa shape index (κ1) is 34.1. The average molecular weight is 583 g/mol. The number of hydrogen-bond acceptors (Lipinski definition) is 8. The monoisotopic (exact) mass is 582 g/mol. The molecule has 0 aromatic heterocycles. The van der Waals surface area contributed by atoms with Crippen LogP contribution in [0.25, 0.3) is 0 Å². The van der Waals surface area contributed by atoms with Crippen LogP contribution < -0.4 is 10.6 Å². The molecule has 10 nitrogen and oxygen atoms in total. The van der Waals surface area contributed by atoms with Crippen molar-refractivity contribution in [1.29, 1.82) is 0 Å². The van der Waals surface area contributed by atoms with E-state index in [0.717, 1.165) is 6.42 Å². The third kappa shape index (κ3) is 7.78. The number of aliphatic hydroxyl groups is 1. The third-order valence-corrected chi connectivity index (χ3v) is 9.47. The second kappa shape index (κ2) is 13.7. The number of cyclic esters (lactones) is 1. The van der Waals surface area contributed by atoms with Crippen LogP contribution >= 0.6 is 11.8 Å². The van der Waals surface area contributed by atoms with E-state index in [1.165, 1.54) is 23.6 Å². The smallest absolute Gasteiger partial charge is 0.328 e. The molecule has 3 amide bonds. The van der Waals surface area contributed by atoms with E-state index in [9.17, 15) is 24.3 Å². The summed E-state index contributed by atoms with van der Waals surface area (Å²) >= 11 is 1.41. The summed E-state index contributed by atoms with van der Waals surface area (Å²) < 4.78 is 6.00. The number of aliphatic hydroxyl groups excluding tert-OH is 1. The number of amides is 3. The van der Waals surface area contributed by atoms with Crippen molar-refractivity contribution in [2.75, 3.05) is 12.8 Å². The molecule has 0 aromatic carbocycles. The van der Waals surface area contributed by atoms with Crippen molar-refractivity contribution in [1.82, 2.24) is 15.5 Å². The van der Waals surface area contributed by atoms with Gasteiger partial charge in [0.05, 0.1) is 22.6 Å². The van der Waals surface area contributed by atoms with Crippen molar-refractivity contribution in [3.63, 3.8) is 0 Å². The highest BCUT2D eigenvalue weighted by Gasteiger charge is 2.47. The Morgan fingerprint density at radius 1 is 1.05 bits per heavy atom. The molecule has 228 valence electrons. The normalized spacial score (nSPS) is 31.8. The highest BCUT2D eigenvalue weighted by molar-refractivity contribution is 8.14. The lowest BCUT2D eigenvalue weighted by molar-refractivity contribution is -0.167. The summed E-state index contributed by atoms with van der Waals surface area (Å²) in [6, 6.07) is -2.29. The number of nitrogens with one attached hydrogen (secondary N) is 2. The van der Waals surface area contributed by atoms with Crippen LogP contribution in [0.5, 0.6) is 0 Å². The zero-order valence-electron chi connectivity index (χ0n) is 25.9. The van der Waals surface area contributed by atoms with Gasteiger partial charge in [0, 0.05) is 12.8 Å². The number of likely N-dealkylation sites (N-methyl/N-ethyl adjacent to an activating group) is 1. The molecular weight excluding hydrogens is 532 g/mol. The maximum absolute atomic E-state index is 13.7. The maximum atomic E-state index is 13.7. The van der Waals surface area contributed by atoms with E-state index < -0.39 is 53.2 Å². The molecule has 0 saturated carbocycles. The summed E-state index contributed by atoms with van der Waals surface area (Å²) in [5, 5.41) is 16.7. The first-order valence-electron chi connectivity index (χ1n) is 14.5. The fourth-order valence-corrected chi connectivity index (χ4v) is 6.70. The van der Waals surface area contributed by atoms with Crippen LogP contribution in [0.15, 0.2) is 4.99 Å². The molecule has 40 heavy (non-hydrogen) atoms. The lowest BCUT2D eigenvalue weighted by atomic mass is 9.77. The molecular formula is C29H50N4O6S. The fraction of sp³-hybridized carbons (Fsp3) is 0.828. The van der Waals surface area contributed by atoms with Gasteiger partial charge in [-0.05, 0) is 65.7 Å². The van der Waals surface area contributed by atoms with Crippen LogP contribution in [-0.4, -0.2) is 87.4 Å². The number of thioether (sulfide) groups is 1. The minimum atomic E-state index is -1.14. The molecule has 0 saturated heterocycles. The van der Waals surface area contributed by atoms with Gasteiger partial charge in [-0.3, -0.25) is 19.4 Å². The Morgan fingerprint density at radius 3 is 2.25 bits per heavy atom. The number of rotatable bonds is 7. The maximum Gasteiger partial charge on any atom is 0.328 e. The highest BCUT2D eigenvalue weighted by Crippen LogP contribution is 2.35. The van der Waals surface area contributed by atoms with Crippen LogP contribution in [0.1, 0.15) is 88.0 Å². The van der Waals surface area contributed by atoms with E-state index in [4.69, 9.17) is 9.73 Å². The Morgan fingerprint density at radius 2 is 1.68 bits per heavy atom. The van der Waals surface area contributed by atoms with E-state index in [2.05, 4.69) is 10.6 Å². The zero-order chi connectivity index (χ0) is 30.6. The lowest BCUT2D eigenvalue weighted by Crippen LogP contribution is -2.58. The summed E-state index contributed by atoms with van der Waals surface area (Å²) in [5.41, 5.74) is -2.22. The minimum absolute atomic E-state index is 0.225. The van der Waals surface area contributed by atoms with Gasteiger partial charge < -0.3 is 25.4 Å². The van der Waals surface area contributed by atoms with Crippen LogP contribution in [0.2, 0.25) is 0 Å². The number of aliphatic imine (C=N–C) groups is 1. The molecule has 2 bridgehead atoms. The first-order valence-corrected chi connectivity index (χ1v) is 15.4. The number of hydrogen-bond donors (Lipinski definition) is 3. The lowest BCUT2D eigenvalue weighted by Gasteiger charge is -2.38. The van der Waals surface area contributed by atoms with E-state index >= 15 is 0 Å². The minimum Gasteiger partial charge on any atom is -0.459 e. The van der Waals surface area contributed by atoms with Crippen molar-refractivity contribution in [2.45, 2.75) is 124 Å². The summed E-state index contributed by atoms with van der Waals surface area (Å²) in [6.45, 7) is 16.2. The second-order valence-corrected chi connectivity index (χ2v) is 13.6. The van der Waals surface area contributed by atoms with Crippen molar-refractivity contribution in [3.05, 3.63) is 0 Å². The van der Waals surface area contributed by atoms with E-state index in [-0.39, 0.29) is 23.7 Å². The molecule has 2 rings (SSSR count). The Labute approximate surface area is 243 Å². The molecule has 11 heteroatoms. The van der Waals surface area contributed by atoms with E-state index in [0.29, 0.717) is 30.1 Å². The van der Waals surface area contributed by atoms with Crippen LogP contribution in [-0.2, 0) is 23.9 Å². The molecule has 3 N–H and O–H groups in total. The molecule has 0 spiro atoms. The van der Waals surface area contributed by atoms with Crippen LogP contribution in [0.3, 0.4) is 0 Å². The van der Waals surface area contributed by atoms with Gasteiger partial charge in [-0.15, -0.1) is 11.8 Å². The molecule has 2 heterocycles. The second-order valence-electron chi connectivity index (χ2n) is 12.6. The van der Waals surface area contributed by atoms with Crippen LogP contribution in [0.4, 0.5) is 0 Å². The van der Waals surface area contributed by atoms with Crippen molar-refractivity contribution in [2.24, 2.45) is 22.2 Å². The highest BCUT2D eigenvalue weighted by atomic mass is 32.2. The van der Waals surface area contributed by atoms with Gasteiger partial charge in [-0.25, -0.2) is 4.79 Å². The SMILES string of the molecule is CCCC(O)CCC(C)[C@@H]1OC(=O)[C@H](C)NC(=O)[C@H](C(C)C)N(C)C(=O)C2(C)CSC(=N2)[C@H](C)NC(=O)C1(C)C. The molecule has 0 radical (unpaired) electrons. The Kier molecular flexibility index (Phi) is 11.7. The Bertz CT molecular complexity index is 986. The van der Waals surface area contributed by atoms with Gasteiger partial charge in [0.2, 0.25) is 11.8 Å². The third-order valence-electron chi connectivity index (χ3n) is 8.02. The summed E-state index contributed by atoms with van der Waals surface area (Å²) in [4.78, 5) is 60.2. The standard InChI is InChI=1S/C29H50N4O6S/c1-11-12-20(34)14-13-17(4)22-28(7,8)26(37)31-18(5)24-32-29(9,15-40-24)27(38)33(10)21(16(2)3)23(35)30-19(6)25(36)39-22/h16-22,34H,11-15H2,1-10H3,(H,30,35)(H,31,37)/t17?,18-,19-,20?,21-,22-,29?/m0/s1. The molecule has 3 unspecified atom stereocenters. The van der Waals surface area contributed by atoms with Crippen molar-refractivity contribution in [3.8, 4) is 0 Å². The molecule has 2 aliphatic rings. The molecule has 0 fully saturated rings. The van der Waals surface area contributed by atoms with Gasteiger partial charge in [0.25, 0.3) is 5.91 Å². The largest absolute Gasteiger partial charge is 0.459 e. The van der Waals surface area contributed by atoms with E-state index in [1.54, 1.807) is 27.8 Å².